The molecule has 106 valence electrons. The molecule has 2 heterocycles. The minimum absolute atomic E-state index is 0.0929. The van der Waals surface area contributed by atoms with E-state index >= 15 is 0 Å². The first-order valence-electron chi connectivity index (χ1n) is 6.52. The summed E-state index contributed by atoms with van der Waals surface area (Å²) in [5, 5.41) is 5.50. The average Bonchev–Trinajstić information content (AvgIpc) is 2.67. The molecule has 2 atom stereocenters. The predicted molar refractivity (Wildman–Crippen MR) is 84.5 cm³/mol. The average molecular weight is 319 g/mol. The number of hydrogen-bond acceptors (Lipinski definition) is 4. The third-order valence-corrected chi connectivity index (χ3v) is 6.93. The molecule has 0 saturated carbocycles. The van der Waals surface area contributed by atoms with Gasteiger partial charge < -0.3 is 0 Å². The van der Waals surface area contributed by atoms with E-state index in [4.69, 9.17) is 11.6 Å². The molecule has 0 aromatic carbocycles. The van der Waals surface area contributed by atoms with Gasteiger partial charge in [-0.15, -0.1) is 11.8 Å². The molecular weight excluding hydrogens is 300 g/mol. The van der Waals surface area contributed by atoms with Crippen LogP contribution in [0.3, 0.4) is 0 Å². The fourth-order valence-electron chi connectivity index (χ4n) is 2.29. The Morgan fingerprint density at radius 1 is 1.47 bits per heavy atom. The Bertz CT molecular complexity index is 475. The zero-order chi connectivity index (χ0) is 14.0. The van der Waals surface area contributed by atoms with Crippen molar-refractivity contribution in [2.75, 3.05) is 11.5 Å². The van der Waals surface area contributed by atoms with Gasteiger partial charge in [-0.25, -0.2) is 0 Å². The molecule has 3 nitrogen and oxygen atoms in total. The minimum atomic E-state index is 0.0929. The van der Waals surface area contributed by atoms with Crippen LogP contribution in [0, 0.1) is 6.92 Å². The number of thioether (sulfide) groups is 2. The molecular formula is C13H19ClN2OS2. The fraction of sp³-hybridized carbons (Fsp3) is 0.692. The highest BCUT2D eigenvalue weighted by molar-refractivity contribution is 8.07. The van der Waals surface area contributed by atoms with Crippen molar-refractivity contribution in [2.45, 2.75) is 44.2 Å². The van der Waals surface area contributed by atoms with Gasteiger partial charge in [-0.05, 0) is 13.8 Å². The summed E-state index contributed by atoms with van der Waals surface area (Å²) in [6.07, 6.45) is 0.399. The van der Waals surface area contributed by atoms with Crippen LogP contribution in [0.4, 0.5) is 0 Å². The van der Waals surface area contributed by atoms with Crippen molar-refractivity contribution in [1.29, 1.82) is 0 Å². The third kappa shape index (κ3) is 3.31. The van der Waals surface area contributed by atoms with Crippen molar-refractivity contribution in [2.24, 2.45) is 0 Å². The number of carbonyl (C=O) groups is 1. The lowest BCUT2D eigenvalue weighted by Gasteiger charge is -2.26. The first-order chi connectivity index (χ1) is 9.04. The van der Waals surface area contributed by atoms with E-state index < -0.39 is 0 Å². The van der Waals surface area contributed by atoms with Gasteiger partial charge in [0.25, 0.3) is 0 Å². The SMILES string of the molecule is CCn1nc(C)c(Cl)c1CC(=O)C1SCCSC1C. The molecule has 0 bridgehead atoms. The smallest absolute Gasteiger partial charge is 0.152 e. The van der Waals surface area contributed by atoms with Gasteiger partial charge in [0.1, 0.15) is 0 Å². The zero-order valence-corrected chi connectivity index (χ0v) is 13.9. The zero-order valence-electron chi connectivity index (χ0n) is 11.5. The second-order valence-corrected chi connectivity index (χ2v) is 7.78. The van der Waals surface area contributed by atoms with Crippen LogP contribution in [0.15, 0.2) is 0 Å². The molecule has 1 aliphatic rings. The Kier molecular flexibility index (Phi) is 5.26. The second kappa shape index (κ2) is 6.55. The highest BCUT2D eigenvalue weighted by Crippen LogP contribution is 2.33. The van der Waals surface area contributed by atoms with Crippen molar-refractivity contribution in [3.8, 4) is 0 Å². The summed E-state index contributed by atoms with van der Waals surface area (Å²) in [5.74, 6) is 2.48. The van der Waals surface area contributed by atoms with Crippen molar-refractivity contribution in [1.82, 2.24) is 9.78 Å². The molecule has 6 heteroatoms. The van der Waals surface area contributed by atoms with E-state index in [0.717, 1.165) is 29.4 Å². The standard InChI is InChI=1S/C13H19ClN2OS2/c1-4-16-10(12(14)8(2)15-16)7-11(17)13-9(3)18-5-6-19-13/h9,13H,4-7H2,1-3H3. The summed E-state index contributed by atoms with van der Waals surface area (Å²) in [5.41, 5.74) is 1.68. The monoisotopic (exact) mass is 318 g/mol. The molecule has 1 aromatic heterocycles. The van der Waals surface area contributed by atoms with Gasteiger partial charge in [0, 0.05) is 23.3 Å². The van der Waals surface area contributed by atoms with Crippen LogP contribution < -0.4 is 0 Å². The molecule has 0 radical (unpaired) electrons. The lowest BCUT2D eigenvalue weighted by molar-refractivity contribution is -0.118. The molecule has 19 heavy (non-hydrogen) atoms. The lowest BCUT2D eigenvalue weighted by Crippen LogP contribution is -2.32. The second-order valence-electron chi connectivity index (χ2n) is 4.67. The number of halogens is 1. The number of Topliss-reactive ketones (excluding diaryl/α,β-unsaturated/α-hetero) is 1. The normalized spacial score (nSPS) is 23.6. The maximum Gasteiger partial charge on any atom is 0.152 e. The number of ketones is 1. The van der Waals surface area contributed by atoms with E-state index in [2.05, 4.69) is 12.0 Å². The minimum Gasteiger partial charge on any atom is -0.298 e. The summed E-state index contributed by atoms with van der Waals surface area (Å²) < 4.78 is 1.85. The molecule has 0 amide bonds. The number of rotatable bonds is 4. The van der Waals surface area contributed by atoms with Crippen molar-refractivity contribution in [3.05, 3.63) is 16.4 Å². The fourth-order valence-corrected chi connectivity index (χ4v) is 5.23. The highest BCUT2D eigenvalue weighted by Gasteiger charge is 2.30. The van der Waals surface area contributed by atoms with Crippen LogP contribution in [-0.2, 0) is 17.8 Å². The number of aryl methyl sites for hydroxylation is 2. The topological polar surface area (TPSA) is 34.9 Å². The molecule has 1 fully saturated rings. The number of carbonyl (C=O) groups excluding carboxylic acids is 1. The van der Waals surface area contributed by atoms with E-state index in [1.807, 2.05) is 30.3 Å². The first kappa shape index (κ1) is 15.3. The first-order valence-corrected chi connectivity index (χ1v) is 8.99. The molecule has 1 saturated heterocycles. The van der Waals surface area contributed by atoms with Crippen LogP contribution in [-0.4, -0.2) is 37.6 Å². The largest absolute Gasteiger partial charge is 0.298 e. The predicted octanol–water partition coefficient (Wildman–Crippen LogP) is 3.21. The quantitative estimate of drug-likeness (QED) is 0.854. The number of aromatic nitrogens is 2. The van der Waals surface area contributed by atoms with Crippen LogP contribution >= 0.6 is 35.1 Å². The summed E-state index contributed by atoms with van der Waals surface area (Å²) >= 11 is 9.93. The number of nitrogens with zero attached hydrogens (tertiary/aromatic N) is 2. The van der Waals surface area contributed by atoms with Gasteiger partial charge >= 0.3 is 0 Å². The van der Waals surface area contributed by atoms with Gasteiger partial charge in [-0.3, -0.25) is 9.48 Å². The van der Waals surface area contributed by atoms with Gasteiger partial charge in [0.15, 0.2) is 5.78 Å². The highest BCUT2D eigenvalue weighted by atomic mass is 35.5. The van der Waals surface area contributed by atoms with E-state index in [-0.39, 0.29) is 11.0 Å². The van der Waals surface area contributed by atoms with Crippen LogP contribution in [0.25, 0.3) is 0 Å². The summed E-state index contributed by atoms with van der Waals surface area (Å²) in [7, 11) is 0. The van der Waals surface area contributed by atoms with E-state index in [9.17, 15) is 4.79 Å². The summed E-state index contributed by atoms with van der Waals surface area (Å²) in [6.45, 7) is 6.79. The van der Waals surface area contributed by atoms with Crippen LogP contribution in [0.1, 0.15) is 25.2 Å². The summed E-state index contributed by atoms with van der Waals surface area (Å²) in [6, 6.07) is 0. The Labute approximate surface area is 127 Å². The molecule has 2 unspecified atom stereocenters. The van der Waals surface area contributed by atoms with Crippen molar-refractivity contribution < 1.29 is 4.79 Å². The lowest BCUT2D eigenvalue weighted by atomic mass is 10.1. The van der Waals surface area contributed by atoms with Gasteiger partial charge in [-0.1, -0.05) is 18.5 Å². The molecule has 0 aliphatic carbocycles. The van der Waals surface area contributed by atoms with Crippen LogP contribution in [0.2, 0.25) is 5.02 Å². The third-order valence-electron chi connectivity index (χ3n) is 3.30. The van der Waals surface area contributed by atoms with Gasteiger partial charge in [0.2, 0.25) is 0 Å². The molecule has 2 rings (SSSR count). The Morgan fingerprint density at radius 3 is 2.79 bits per heavy atom. The maximum atomic E-state index is 12.5. The van der Waals surface area contributed by atoms with Crippen molar-refractivity contribution in [3.63, 3.8) is 0 Å². The molecule has 1 aromatic rings. The Balaban J connectivity index is 2.14. The molecule has 1 aliphatic heterocycles. The van der Waals surface area contributed by atoms with E-state index in [0.29, 0.717) is 16.7 Å². The molecule has 0 spiro atoms. The maximum absolute atomic E-state index is 12.5. The Morgan fingerprint density at radius 2 is 2.16 bits per heavy atom. The van der Waals surface area contributed by atoms with E-state index in [1.54, 1.807) is 11.8 Å². The molecule has 0 N–H and O–H groups in total. The van der Waals surface area contributed by atoms with Crippen molar-refractivity contribution >= 4 is 40.9 Å². The Hall–Kier alpha value is -0.130. The summed E-state index contributed by atoms with van der Waals surface area (Å²) in [4.78, 5) is 12.5. The van der Waals surface area contributed by atoms with E-state index in [1.165, 1.54) is 0 Å². The number of hydrogen-bond donors (Lipinski definition) is 0. The van der Waals surface area contributed by atoms with Crippen LogP contribution in [0.5, 0.6) is 0 Å². The van der Waals surface area contributed by atoms with Gasteiger partial charge in [0.05, 0.1) is 28.1 Å². The van der Waals surface area contributed by atoms with Gasteiger partial charge in [-0.2, -0.15) is 16.9 Å².